The lowest BCUT2D eigenvalue weighted by atomic mass is 10.1. The second kappa shape index (κ2) is 9.69. The van der Waals surface area contributed by atoms with E-state index in [0.29, 0.717) is 11.3 Å². The Bertz CT molecular complexity index is 500. The average molecular weight is 306 g/mol. The van der Waals surface area contributed by atoms with Crippen molar-refractivity contribution in [2.24, 2.45) is 0 Å². The van der Waals surface area contributed by atoms with Crippen LogP contribution in [0.3, 0.4) is 0 Å². The van der Waals surface area contributed by atoms with Crippen LogP contribution < -0.4 is 0 Å². The van der Waals surface area contributed by atoms with Crippen molar-refractivity contribution in [2.45, 2.75) is 57.5 Å². The molecule has 1 unspecified atom stereocenters. The number of unbranched alkanes of at least 4 members (excludes halogenated alkanes) is 1. The van der Waals surface area contributed by atoms with Gasteiger partial charge in [-0.05, 0) is 44.1 Å². The smallest absolute Gasteiger partial charge is 0.0847 e. The van der Waals surface area contributed by atoms with Gasteiger partial charge in [-0.1, -0.05) is 50.5 Å². The maximum absolute atomic E-state index is 12.7. The molecule has 0 aliphatic rings. The van der Waals surface area contributed by atoms with Crippen LogP contribution in [0.1, 0.15) is 45.1 Å². The molecule has 0 amide bonds. The molecule has 0 aromatic heterocycles. The van der Waals surface area contributed by atoms with Crippen molar-refractivity contribution < 1.29 is 9.32 Å². The van der Waals surface area contributed by atoms with E-state index in [-0.39, 0.29) is 0 Å². The number of allylic oxidation sites excluding steroid dienone is 2. The molecule has 0 radical (unpaired) electrons. The van der Waals surface area contributed by atoms with Gasteiger partial charge < -0.3 is 5.11 Å². The van der Waals surface area contributed by atoms with E-state index in [1.807, 2.05) is 50.3 Å². The first kappa shape index (κ1) is 17.9. The van der Waals surface area contributed by atoms with Gasteiger partial charge in [0.25, 0.3) is 0 Å². The third-order valence-corrected chi connectivity index (χ3v) is 4.58. The Labute approximate surface area is 131 Å². The third kappa shape index (κ3) is 6.40. The van der Waals surface area contributed by atoms with Crippen LogP contribution >= 0.6 is 0 Å². The Hall–Kier alpha value is -1.19. The SMILES string of the molecule is CC/C=C/C(=C\[C@@H](O)CCCC)S(=O)c1ccc(C)cc1. The molecular formula is C18H26O2S. The molecule has 0 aliphatic heterocycles. The van der Waals surface area contributed by atoms with Gasteiger partial charge in [-0.25, -0.2) is 4.21 Å². The van der Waals surface area contributed by atoms with Gasteiger partial charge in [0, 0.05) is 9.80 Å². The van der Waals surface area contributed by atoms with Gasteiger partial charge >= 0.3 is 0 Å². The highest BCUT2D eigenvalue weighted by Gasteiger charge is 2.10. The average Bonchev–Trinajstić information content (AvgIpc) is 2.49. The minimum absolute atomic E-state index is 0.532. The number of aliphatic hydroxyl groups excluding tert-OH is 1. The lowest BCUT2D eigenvalue weighted by Crippen LogP contribution is -2.05. The first-order valence-corrected chi connectivity index (χ1v) is 8.78. The highest BCUT2D eigenvalue weighted by molar-refractivity contribution is 7.89. The van der Waals surface area contributed by atoms with Gasteiger partial charge in [-0.2, -0.15) is 0 Å². The Morgan fingerprint density at radius 3 is 2.52 bits per heavy atom. The molecule has 1 N–H and O–H groups in total. The summed E-state index contributed by atoms with van der Waals surface area (Å²) in [5.41, 5.74) is 1.15. The maximum atomic E-state index is 12.7. The summed E-state index contributed by atoms with van der Waals surface area (Å²) in [6, 6.07) is 7.69. The van der Waals surface area contributed by atoms with Crippen molar-refractivity contribution in [3.63, 3.8) is 0 Å². The standard InChI is InChI=1S/C18H26O2S/c1-4-6-8-16(19)14-18(9-7-5-2)21(20)17-12-10-15(3)11-13-17/h7,9-14,16,19H,4-6,8H2,1-3H3/b9-7+,18-14+/t16-,21?/m0/s1. The summed E-state index contributed by atoms with van der Waals surface area (Å²) in [5, 5.41) is 10.0. The zero-order valence-electron chi connectivity index (χ0n) is 13.2. The van der Waals surface area contributed by atoms with E-state index in [1.54, 1.807) is 6.08 Å². The van der Waals surface area contributed by atoms with E-state index in [1.165, 1.54) is 0 Å². The Balaban J connectivity index is 2.95. The third-order valence-electron chi connectivity index (χ3n) is 3.18. The topological polar surface area (TPSA) is 37.3 Å². The predicted molar refractivity (Wildman–Crippen MR) is 90.6 cm³/mol. The van der Waals surface area contributed by atoms with E-state index in [2.05, 4.69) is 6.92 Å². The van der Waals surface area contributed by atoms with Gasteiger partial charge in [-0.15, -0.1) is 0 Å². The molecule has 0 spiro atoms. The molecule has 0 saturated heterocycles. The molecule has 0 fully saturated rings. The van der Waals surface area contributed by atoms with Crippen molar-refractivity contribution >= 4 is 10.8 Å². The van der Waals surface area contributed by atoms with Crippen molar-refractivity contribution in [3.8, 4) is 0 Å². The number of rotatable bonds is 8. The van der Waals surface area contributed by atoms with Gasteiger partial charge in [0.15, 0.2) is 0 Å². The monoisotopic (exact) mass is 306 g/mol. The largest absolute Gasteiger partial charge is 0.389 e. The molecule has 1 rings (SSSR count). The van der Waals surface area contributed by atoms with Crippen LogP contribution in [0.25, 0.3) is 0 Å². The molecule has 0 heterocycles. The Morgan fingerprint density at radius 1 is 1.29 bits per heavy atom. The van der Waals surface area contributed by atoms with Crippen molar-refractivity contribution in [1.29, 1.82) is 0 Å². The summed E-state index contributed by atoms with van der Waals surface area (Å²) in [6.45, 7) is 6.14. The molecular weight excluding hydrogens is 280 g/mol. The number of hydrogen-bond acceptors (Lipinski definition) is 2. The summed E-state index contributed by atoms with van der Waals surface area (Å²) in [4.78, 5) is 1.46. The van der Waals surface area contributed by atoms with E-state index in [9.17, 15) is 9.32 Å². The highest BCUT2D eigenvalue weighted by atomic mass is 32.2. The van der Waals surface area contributed by atoms with Crippen LogP contribution in [0.15, 0.2) is 52.3 Å². The molecule has 21 heavy (non-hydrogen) atoms. The second-order valence-corrected chi connectivity index (χ2v) is 6.65. The van der Waals surface area contributed by atoms with Crippen LogP contribution in [0.5, 0.6) is 0 Å². The van der Waals surface area contributed by atoms with Crippen LogP contribution in [0, 0.1) is 6.92 Å². The zero-order valence-corrected chi connectivity index (χ0v) is 14.0. The molecule has 0 bridgehead atoms. The number of hydrogen-bond donors (Lipinski definition) is 1. The van der Waals surface area contributed by atoms with E-state index >= 15 is 0 Å². The van der Waals surface area contributed by atoms with Crippen molar-refractivity contribution in [1.82, 2.24) is 0 Å². The molecule has 116 valence electrons. The van der Waals surface area contributed by atoms with Gasteiger partial charge in [0.1, 0.15) is 0 Å². The molecule has 1 aromatic carbocycles. The van der Waals surface area contributed by atoms with Gasteiger partial charge in [-0.3, -0.25) is 0 Å². The quantitative estimate of drug-likeness (QED) is 0.718. The second-order valence-electron chi connectivity index (χ2n) is 5.17. The number of benzene rings is 1. The lowest BCUT2D eigenvalue weighted by molar-refractivity contribution is 0.209. The Morgan fingerprint density at radius 2 is 1.95 bits per heavy atom. The normalized spacial score (nSPS) is 15.3. The lowest BCUT2D eigenvalue weighted by Gasteiger charge is -2.08. The van der Waals surface area contributed by atoms with Crippen LogP contribution in [-0.2, 0) is 10.8 Å². The molecule has 0 saturated carbocycles. The minimum Gasteiger partial charge on any atom is -0.389 e. The zero-order chi connectivity index (χ0) is 15.7. The minimum atomic E-state index is -1.24. The first-order valence-electron chi connectivity index (χ1n) is 7.63. The molecule has 0 aliphatic carbocycles. The molecule has 1 aromatic rings. The number of aryl methyl sites for hydroxylation is 1. The Kier molecular flexibility index (Phi) is 8.24. The fourth-order valence-corrected chi connectivity index (χ4v) is 3.05. The summed E-state index contributed by atoms with van der Waals surface area (Å²) in [5.74, 6) is 0. The summed E-state index contributed by atoms with van der Waals surface area (Å²) in [7, 11) is -1.24. The summed E-state index contributed by atoms with van der Waals surface area (Å²) >= 11 is 0. The van der Waals surface area contributed by atoms with Crippen LogP contribution in [0.2, 0.25) is 0 Å². The highest BCUT2D eigenvalue weighted by Crippen LogP contribution is 2.18. The van der Waals surface area contributed by atoms with Crippen molar-refractivity contribution in [2.75, 3.05) is 0 Å². The van der Waals surface area contributed by atoms with Gasteiger partial charge in [0.05, 0.1) is 16.9 Å². The van der Waals surface area contributed by atoms with E-state index in [4.69, 9.17) is 0 Å². The fraction of sp³-hybridized carbons (Fsp3) is 0.444. The molecule has 3 heteroatoms. The van der Waals surface area contributed by atoms with Crippen molar-refractivity contribution in [3.05, 3.63) is 53.0 Å². The maximum Gasteiger partial charge on any atom is 0.0847 e. The van der Waals surface area contributed by atoms with Crippen LogP contribution in [-0.4, -0.2) is 15.4 Å². The predicted octanol–water partition coefficient (Wildman–Crippen LogP) is 4.50. The van der Waals surface area contributed by atoms with Crippen LogP contribution in [0.4, 0.5) is 0 Å². The van der Waals surface area contributed by atoms with E-state index < -0.39 is 16.9 Å². The molecule has 2 atom stereocenters. The summed E-state index contributed by atoms with van der Waals surface area (Å²) < 4.78 is 12.7. The fourth-order valence-electron chi connectivity index (χ4n) is 1.90. The number of aliphatic hydroxyl groups is 1. The summed E-state index contributed by atoms with van der Waals surface area (Å²) in [6.07, 6.45) is 8.66. The first-order chi connectivity index (χ1) is 10.1. The molecule has 2 nitrogen and oxygen atoms in total. The van der Waals surface area contributed by atoms with E-state index in [0.717, 1.165) is 29.7 Å². The van der Waals surface area contributed by atoms with Gasteiger partial charge in [0.2, 0.25) is 0 Å².